The summed E-state index contributed by atoms with van der Waals surface area (Å²) in [7, 11) is 6.23. The first-order valence-electron chi connectivity index (χ1n) is 6.61. The highest BCUT2D eigenvalue weighted by atomic mass is 79.9. The van der Waals surface area contributed by atoms with Crippen molar-refractivity contribution < 1.29 is 4.79 Å². The third-order valence-corrected chi connectivity index (χ3v) is 3.51. The van der Waals surface area contributed by atoms with Crippen molar-refractivity contribution in [3.63, 3.8) is 0 Å². The predicted molar refractivity (Wildman–Crippen MR) is 83.8 cm³/mol. The molecule has 106 valence electrons. The van der Waals surface area contributed by atoms with E-state index in [0.717, 1.165) is 36.1 Å². The Bertz CT molecular complexity index is 407. The summed E-state index contributed by atoms with van der Waals surface area (Å²) in [4.78, 5) is 16.4. The molecule has 19 heavy (non-hydrogen) atoms. The molecule has 0 aromatic heterocycles. The number of hydrogen-bond donors (Lipinski definition) is 0. The molecule has 3 nitrogen and oxygen atoms in total. The highest BCUT2D eigenvalue weighted by Gasteiger charge is 2.07. The van der Waals surface area contributed by atoms with Gasteiger partial charge in [-0.05, 0) is 52.8 Å². The minimum absolute atomic E-state index is 0.209. The zero-order valence-electron chi connectivity index (χ0n) is 12.0. The van der Waals surface area contributed by atoms with E-state index >= 15 is 0 Å². The molecule has 0 amide bonds. The normalized spacial score (nSPS) is 11.3. The molecule has 1 aromatic rings. The van der Waals surface area contributed by atoms with Crippen molar-refractivity contribution in [3.05, 3.63) is 34.3 Å². The fourth-order valence-electron chi connectivity index (χ4n) is 1.87. The quantitative estimate of drug-likeness (QED) is 0.686. The smallest absolute Gasteiger partial charge is 0.164 e. The van der Waals surface area contributed by atoms with Crippen molar-refractivity contribution >= 4 is 21.7 Å². The summed E-state index contributed by atoms with van der Waals surface area (Å²) in [6.07, 6.45) is 1.71. The van der Waals surface area contributed by atoms with Crippen molar-refractivity contribution in [2.45, 2.75) is 12.8 Å². The van der Waals surface area contributed by atoms with Crippen LogP contribution in [0.3, 0.4) is 0 Å². The van der Waals surface area contributed by atoms with Crippen LogP contribution in [0.1, 0.15) is 23.2 Å². The molecule has 0 saturated heterocycles. The molecule has 0 bridgehead atoms. The predicted octanol–water partition coefficient (Wildman–Crippen LogP) is 2.91. The van der Waals surface area contributed by atoms with Gasteiger partial charge in [0.2, 0.25) is 0 Å². The number of benzene rings is 1. The molecule has 4 heteroatoms. The molecular formula is C15H23BrN2O. The van der Waals surface area contributed by atoms with Crippen molar-refractivity contribution in [2.75, 3.05) is 40.8 Å². The van der Waals surface area contributed by atoms with Crippen molar-refractivity contribution in [3.8, 4) is 0 Å². The second kappa shape index (κ2) is 8.46. The number of carbonyl (C=O) groups is 1. The molecule has 0 heterocycles. The van der Waals surface area contributed by atoms with Crippen LogP contribution in [-0.4, -0.2) is 56.4 Å². The SMILES string of the molecule is CN(C)CCCN(C)CCC(=O)c1cccc(Br)c1. The van der Waals surface area contributed by atoms with Crippen LogP contribution in [0.2, 0.25) is 0 Å². The lowest BCUT2D eigenvalue weighted by molar-refractivity contribution is 0.0968. The van der Waals surface area contributed by atoms with E-state index in [4.69, 9.17) is 0 Å². The lowest BCUT2D eigenvalue weighted by Gasteiger charge is -2.17. The van der Waals surface area contributed by atoms with E-state index < -0.39 is 0 Å². The Kier molecular flexibility index (Phi) is 7.28. The van der Waals surface area contributed by atoms with Crippen LogP contribution in [0.5, 0.6) is 0 Å². The van der Waals surface area contributed by atoms with Crippen LogP contribution in [-0.2, 0) is 0 Å². The lowest BCUT2D eigenvalue weighted by atomic mass is 10.1. The van der Waals surface area contributed by atoms with Gasteiger partial charge in [-0.1, -0.05) is 28.1 Å². The van der Waals surface area contributed by atoms with Crippen LogP contribution < -0.4 is 0 Å². The van der Waals surface area contributed by atoms with E-state index in [9.17, 15) is 4.79 Å². The monoisotopic (exact) mass is 326 g/mol. The molecule has 1 aromatic carbocycles. The summed E-state index contributed by atoms with van der Waals surface area (Å²) in [5.41, 5.74) is 0.788. The minimum Gasteiger partial charge on any atom is -0.309 e. The summed E-state index contributed by atoms with van der Waals surface area (Å²) in [5, 5.41) is 0. The maximum absolute atomic E-state index is 12.0. The van der Waals surface area contributed by atoms with Crippen LogP contribution in [0.25, 0.3) is 0 Å². The van der Waals surface area contributed by atoms with Crippen molar-refractivity contribution in [1.82, 2.24) is 9.80 Å². The highest BCUT2D eigenvalue weighted by molar-refractivity contribution is 9.10. The van der Waals surface area contributed by atoms with Gasteiger partial charge in [0.1, 0.15) is 0 Å². The van der Waals surface area contributed by atoms with E-state index in [2.05, 4.69) is 46.9 Å². The Morgan fingerprint density at radius 2 is 1.89 bits per heavy atom. The van der Waals surface area contributed by atoms with Crippen LogP contribution in [0, 0.1) is 0 Å². The molecule has 0 aliphatic heterocycles. The molecule has 0 saturated carbocycles. The zero-order valence-corrected chi connectivity index (χ0v) is 13.6. The van der Waals surface area contributed by atoms with Gasteiger partial charge in [0, 0.05) is 23.0 Å². The third kappa shape index (κ3) is 6.85. The van der Waals surface area contributed by atoms with Gasteiger partial charge in [0.05, 0.1) is 0 Å². The van der Waals surface area contributed by atoms with Crippen LogP contribution in [0.15, 0.2) is 28.7 Å². The van der Waals surface area contributed by atoms with E-state index in [1.807, 2.05) is 24.3 Å². The first-order chi connectivity index (χ1) is 8.99. The number of carbonyl (C=O) groups excluding carboxylic acids is 1. The molecule has 0 aliphatic rings. The van der Waals surface area contributed by atoms with Gasteiger partial charge in [-0.3, -0.25) is 4.79 Å². The van der Waals surface area contributed by atoms with E-state index in [1.165, 1.54) is 0 Å². The van der Waals surface area contributed by atoms with Crippen molar-refractivity contribution in [2.24, 2.45) is 0 Å². The molecule has 0 unspecified atom stereocenters. The fourth-order valence-corrected chi connectivity index (χ4v) is 2.27. The second-order valence-corrected chi connectivity index (χ2v) is 6.06. The van der Waals surface area contributed by atoms with Crippen LogP contribution >= 0.6 is 15.9 Å². The summed E-state index contributed by atoms with van der Waals surface area (Å²) >= 11 is 3.39. The molecule has 1 rings (SSSR count). The van der Waals surface area contributed by atoms with Gasteiger partial charge >= 0.3 is 0 Å². The molecule has 0 radical (unpaired) electrons. The first kappa shape index (κ1) is 16.3. The minimum atomic E-state index is 0.209. The standard InChI is InChI=1S/C15H23BrN2O/c1-17(2)9-5-10-18(3)11-8-15(19)13-6-4-7-14(16)12-13/h4,6-7,12H,5,8-11H2,1-3H3. The number of ketones is 1. The number of Topliss-reactive ketones (excluding diaryl/α,β-unsaturated/α-hetero) is 1. The van der Waals surface area contributed by atoms with Gasteiger partial charge in [0.15, 0.2) is 5.78 Å². The molecule has 0 aliphatic carbocycles. The van der Waals surface area contributed by atoms with Crippen LogP contribution in [0.4, 0.5) is 0 Å². The molecular weight excluding hydrogens is 304 g/mol. The topological polar surface area (TPSA) is 23.6 Å². The third-order valence-electron chi connectivity index (χ3n) is 3.01. The van der Waals surface area contributed by atoms with E-state index in [1.54, 1.807) is 0 Å². The van der Waals surface area contributed by atoms with E-state index in [0.29, 0.717) is 6.42 Å². The average Bonchev–Trinajstić information content (AvgIpc) is 2.35. The first-order valence-corrected chi connectivity index (χ1v) is 7.40. The highest BCUT2D eigenvalue weighted by Crippen LogP contribution is 2.13. The summed E-state index contributed by atoms with van der Waals surface area (Å²) in [5.74, 6) is 0.209. The molecule has 0 atom stereocenters. The Morgan fingerprint density at radius 3 is 2.53 bits per heavy atom. The Balaban J connectivity index is 2.30. The fraction of sp³-hybridized carbons (Fsp3) is 0.533. The second-order valence-electron chi connectivity index (χ2n) is 5.14. The Labute approximate surface area is 124 Å². The summed E-state index contributed by atoms with van der Waals surface area (Å²) < 4.78 is 0.956. The zero-order chi connectivity index (χ0) is 14.3. The lowest BCUT2D eigenvalue weighted by Crippen LogP contribution is -2.26. The summed E-state index contributed by atoms with van der Waals surface area (Å²) in [6.45, 7) is 2.94. The van der Waals surface area contributed by atoms with Gasteiger partial charge in [-0.15, -0.1) is 0 Å². The van der Waals surface area contributed by atoms with Gasteiger partial charge in [-0.2, -0.15) is 0 Å². The Morgan fingerprint density at radius 1 is 1.16 bits per heavy atom. The summed E-state index contributed by atoms with van der Waals surface area (Å²) in [6, 6.07) is 7.59. The van der Waals surface area contributed by atoms with Crippen molar-refractivity contribution in [1.29, 1.82) is 0 Å². The molecule has 0 N–H and O–H groups in total. The van der Waals surface area contributed by atoms with Gasteiger partial charge in [-0.25, -0.2) is 0 Å². The van der Waals surface area contributed by atoms with Gasteiger partial charge in [0.25, 0.3) is 0 Å². The average molecular weight is 327 g/mol. The van der Waals surface area contributed by atoms with Gasteiger partial charge < -0.3 is 9.80 Å². The maximum atomic E-state index is 12.0. The molecule has 0 fully saturated rings. The number of nitrogens with zero attached hydrogens (tertiary/aromatic N) is 2. The maximum Gasteiger partial charge on any atom is 0.164 e. The Hall–Kier alpha value is -0.710. The number of rotatable bonds is 8. The number of hydrogen-bond acceptors (Lipinski definition) is 3. The molecule has 0 spiro atoms. The van der Waals surface area contributed by atoms with E-state index in [-0.39, 0.29) is 5.78 Å². The number of halogens is 1. The largest absolute Gasteiger partial charge is 0.309 e.